The van der Waals surface area contributed by atoms with E-state index in [1.54, 1.807) is 4.90 Å². The maximum Gasteiger partial charge on any atom is 0.249 e. The molecule has 0 bridgehead atoms. The molecule has 1 atom stereocenters. The number of amides is 2. The highest BCUT2D eigenvalue weighted by molar-refractivity contribution is 6.01. The predicted molar refractivity (Wildman–Crippen MR) is 94.5 cm³/mol. The minimum Gasteiger partial charge on any atom is -0.344 e. The summed E-state index contributed by atoms with van der Waals surface area (Å²) in [5.41, 5.74) is 6.79. The van der Waals surface area contributed by atoms with Gasteiger partial charge in [0.1, 0.15) is 6.04 Å². The van der Waals surface area contributed by atoms with E-state index in [0.29, 0.717) is 25.9 Å². The summed E-state index contributed by atoms with van der Waals surface area (Å²) < 4.78 is 0. The van der Waals surface area contributed by atoms with E-state index in [-0.39, 0.29) is 17.2 Å². The molecule has 2 fully saturated rings. The van der Waals surface area contributed by atoms with Crippen LogP contribution in [0, 0.1) is 5.41 Å². The third kappa shape index (κ3) is 3.61. The Morgan fingerprint density at radius 2 is 1.92 bits per heavy atom. The lowest BCUT2D eigenvalue weighted by molar-refractivity contribution is -0.128. The third-order valence-electron chi connectivity index (χ3n) is 5.49. The molecular formula is C19H27N3O2. The summed E-state index contributed by atoms with van der Waals surface area (Å²) in [4.78, 5) is 26.8. The van der Waals surface area contributed by atoms with Gasteiger partial charge in [-0.2, -0.15) is 0 Å². The fourth-order valence-electron chi connectivity index (χ4n) is 4.02. The van der Waals surface area contributed by atoms with E-state index in [2.05, 4.69) is 5.32 Å². The Kier molecular flexibility index (Phi) is 5.19. The highest BCUT2D eigenvalue weighted by atomic mass is 16.2. The molecule has 1 unspecified atom stereocenters. The van der Waals surface area contributed by atoms with Crippen molar-refractivity contribution in [3.05, 3.63) is 30.3 Å². The SMILES string of the molecule is NCC1(CC(=O)NC2CCN(c3ccccc3)C2=O)CCCCC1. The fraction of sp³-hybridized carbons (Fsp3) is 0.579. The molecule has 1 aromatic rings. The number of nitrogens with two attached hydrogens (primary N) is 1. The molecule has 130 valence electrons. The van der Waals surface area contributed by atoms with Crippen LogP contribution in [0.4, 0.5) is 5.69 Å². The number of benzene rings is 1. The van der Waals surface area contributed by atoms with Gasteiger partial charge < -0.3 is 16.0 Å². The molecule has 3 N–H and O–H groups in total. The predicted octanol–water partition coefficient (Wildman–Crippen LogP) is 2.21. The van der Waals surface area contributed by atoms with E-state index in [1.165, 1.54) is 6.42 Å². The van der Waals surface area contributed by atoms with Crippen LogP contribution in [0.25, 0.3) is 0 Å². The number of hydrogen-bond donors (Lipinski definition) is 2. The van der Waals surface area contributed by atoms with Crippen LogP contribution in [-0.2, 0) is 9.59 Å². The van der Waals surface area contributed by atoms with Gasteiger partial charge in [-0.15, -0.1) is 0 Å². The Morgan fingerprint density at radius 1 is 1.21 bits per heavy atom. The lowest BCUT2D eigenvalue weighted by atomic mass is 9.71. The van der Waals surface area contributed by atoms with Gasteiger partial charge in [-0.05, 0) is 43.4 Å². The Hall–Kier alpha value is -1.88. The van der Waals surface area contributed by atoms with Crippen LogP contribution in [0.15, 0.2) is 30.3 Å². The molecule has 2 aliphatic rings. The number of carbonyl (C=O) groups excluding carboxylic acids is 2. The molecule has 2 amide bonds. The summed E-state index contributed by atoms with van der Waals surface area (Å²) >= 11 is 0. The number of carbonyl (C=O) groups is 2. The van der Waals surface area contributed by atoms with Crippen LogP contribution in [0.1, 0.15) is 44.9 Å². The van der Waals surface area contributed by atoms with Crippen molar-refractivity contribution in [3.63, 3.8) is 0 Å². The van der Waals surface area contributed by atoms with E-state index in [4.69, 9.17) is 5.73 Å². The average molecular weight is 329 g/mol. The summed E-state index contributed by atoms with van der Waals surface area (Å²) in [6.07, 6.45) is 6.67. The number of rotatable bonds is 5. The van der Waals surface area contributed by atoms with Crippen molar-refractivity contribution in [2.75, 3.05) is 18.0 Å². The second kappa shape index (κ2) is 7.34. The van der Waals surface area contributed by atoms with Crippen LogP contribution < -0.4 is 16.0 Å². The normalized spacial score (nSPS) is 23.3. The standard InChI is InChI=1S/C19H27N3O2/c20-14-19(10-5-2-6-11-19)13-17(23)21-16-9-12-22(18(16)24)15-7-3-1-4-8-15/h1,3-4,7-8,16H,2,5-6,9-14,20H2,(H,21,23). The van der Waals surface area contributed by atoms with Crippen LogP contribution >= 0.6 is 0 Å². The number of nitrogens with one attached hydrogen (secondary N) is 1. The van der Waals surface area contributed by atoms with Crippen LogP contribution in [0.3, 0.4) is 0 Å². The molecule has 1 aliphatic heterocycles. The first-order valence-electron chi connectivity index (χ1n) is 8.99. The van der Waals surface area contributed by atoms with Gasteiger partial charge in [0.05, 0.1) is 0 Å². The van der Waals surface area contributed by atoms with E-state index >= 15 is 0 Å². The molecule has 3 rings (SSSR count). The summed E-state index contributed by atoms with van der Waals surface area (Å²) in [6.45, 7) is 1.20. The Bertz CT molecular complexity index is 582. The maximum atomic E-state index is 12.6. The van der Waals surface area contributed by atoms with Gasteiger partial charge >= 0.3 is 0 Å². The van der Waals surface area contributed by atoms with Gasteiger partial charge in [0, 0.05) is 18.7 Å². The monoisotopic (exact) mass is 329 g/mol. The zero-order valence-electron chi connectivity index (χ0n) is 14.2. The van der Waals surface area contributed by atoms with E-state index < -0.39 is 6.04 Å². The van der Waals surface area contributed by atoms with E-state index in [1.807, 2.05) is 30.3 Å². The van der Waals surface area contributed by atoms with Gasteiger partial charge in [0.25, 0.3) is 0 Å². The molecule has 1 aliphatic carbocycles. The molecule has 5 nitrogen and oxygen atoms in total. The zero-order chi connectivity index (χ0) is 17.0. The second-order valence-corrected chi connectivity index (χ2v) is 7.18. The second-order valence-electron chi connectivity index (χ2n) is 7.18. The topological polar surface area (TPSA) is 75.4 Å². The van der Waals surface area contributed by atoms with Gasteiger partial charge in [-0.1, -0.05) is 37.5 Å². The van der Waals surface area contributed by atoms with Crippen molar-refractivity contribution in [1.29, 1.82) is 0 Å². The number of para-hydroxylation sites is 1. The molecule has 1 heterocycles. The molecule has 24 heavy (non-hydrogen) atoms. The van der Waals surface area contributed by atoms with Crippen molar-refractivity contribution in [1.82, 2.24) is 5.32 Å². The summed E-state index contributed by atoms with van der Waals surface area (Å²) in [6, 6.07) is 9.21. The smallest absolute Gasteiger partial charge is 0.249 e. The van der Waals surface area contributed by atoms with Gasteiger partial charge in [-0.25, -0.2) is 0 Å². The molecular weight excluding hydrogens is 302 g/mol. The number of anilines is 1. The van der Waals surface area contributed by atoms with E-state index in [9.17, 15) is 9.59 Å². The molecule has 5 heteroatoms. The molecule has 0 radical (unpaired) electrons. The van der Waals surface area contributed by atoms with E-state index in [0.717, 1.165) is 31.4 Å². The highest BCUT2D eigenvalue weighted by Gasteiger charge is 2.37. The number of hydrogen-bond acceptors (Lipinski definition) is 3. The number of nitrogens with zero attached hydrogens (tertiary/aromatic N) is 1. The summed E-state index contributed by atoms with van der Waals surface area (Å²) in [5, 5.41) is 2.95. The van der Waals surface area contributed by atoms with Crippen molar-refractivity contribution >= 4 is 17.5 Å². The minimum absolute atomic E-state index is 0.0139. The van der Waals surface area contributed by atoms with Crippen molar-refractivity contribution < 1.29 is 9.59 Å². The summed E-state index contributed by atoms with van der Waals surface area (Å²) in [7, 11) is 0. The maximum absolute atomic E-state index is 12.6. The first-order valence-corrected chi connectivity index (χ1v) is 8.99. The zero-order valence-corrected chi connectivity index (χ0v) is 14.2. The van der Waals surface area contributed by atoms with Crippen LogP contribution in [-0.4, -0.2) is 30.9 Å². The Labute approximate surface area is 143 Å². The van der Waals surface area contributed by atoms with Crippen LogP contribution in [0.2, 0.25) is 0 Å². The Morgan fingerprint density at radius 3 is 2.58 bits per heavy atom. The molecule has 0 aromatic heterocycles. The first-order chi connectivity index (χ1) is 11.6. The third-order valence-corrected chi connectivity index (χ3v) is 5.49. The fourth-order valence-corrected chi connectivity index (χ4v) is 4.02. The van der Waals surface area contributed by atoms with Gasteiger partial charge in [0.15, 0.2) is 0 Å². The largest absolute Gasteiger partial charge is 0.344 e. The quantitative estimate of drug-likeness (QED) is 0.869. The van der Waals surface area contributed by atoms with Crippen molar-refractivity contribution in [2.45, 2.75) is 51.0 Å². The molecule has 1 aromatic carbocycles. The van der Waals surface area contributed by atoms with Crippen molar-refractivity contribution in [3.8, 4) is 0 Å². The molecule has 1 saturated carbocycles. The van der Waals surface area contributed by atoms with Gasteiger partial charge in [-0.3, -0.25) is 9.59 Å². The first kappa shape index (κ1) is 17.0. The minimum atomic E-state index is -0.406. The average Bonchev–Trinajstić information content (AvgIpc) is 2.97. The van der Waals surface area contributed by atoms with Crippen LogP contribution in [0.5, 0.6) is 0 Å². The lowest BCUT2D eigenvalue weighted by Gasteiger charge is -2.35. The summed E-state index contributed by atoms with van der Waals surface area (Å²) in [5.74, 6) is -0.0457. The molecule has 1 saturated heterocycles. The molecule has 0 spiro atoms. The Balaban J connectivity index is 1.58. The van der Waals surface area contributed by atoms with Gasteiger partial charge in [0.2, 0.25) is 11.8 Å². The van der Waals surface area contributed by atoms with Crippen molar-refractivity contribution in [2.24, 2.45) is 11.1 Å². The lowest BCUT2D eigenvalue weighted by Crippen LogP contribution is -2.45. The highest BCUT2D eigenvalue weighted by Crippen LogP contribution is 2.38.